The van der Waals surface area contributed by atoms with Crippen LogP contribution in [-0.4, -0.2) is 183 Å². The smallest absolute Gasteiger partial charge is 0.330 e. The van der Waals surface area contributed by atoms with Gasteiger partial charge in [-0.1, -0.05) is 92.1 Å². The molecule has 2 saturated heterocycles. The highest BCUT2D eigenvalue weighted by molar-refractivity contribution is 7.99. The van der Waals surface area contributed by atoms with Crippen molar-refractivity contribution in [3.8, 4) is 57.1 Å². The summed E-state index contributed by atoms with van der Waals surface area (Å²) < 4.78 is 45.8. The Hall–Kier alpha value is -10.3. The van der Waals surface area contributed by atoms with E-state index < -0.39 is 230 Å². The van der Waals surface area contributed by atoms with E-state index in [1.807, 2.05) is 13.8 Å². The van der Waals surface area contributed by atoms with Crippen LogP contribution in [0, 0.1) is 11.8 Å². The van der Waals surface area contributed by atoms with Crippen LogP contribution >= 0.6 is 35.0 Å². The van der Waals surface area contributed by atoms with Gasteiger partial charge < -0.3 is 122 Å². The fourth-order valence-electron chi connectivity index (χ4n) is 13.7. The second kappa shape index (κ2) is 33.0. The van der Waals surface area contributed by atoms with Gasteiger partial charge >= 0.3 is 5.97 Å². The lowest BCUT2D eigenvalue weighted by molar-refractivity contribution is -0.329. The molecule has 19 atom stereocenters. The van der Waals surface area contributed by atoms with Crippen molar-refractivity contribution in [1.82, 2.24) is 37.3 Å². The Balaban J connectivity index is 1.07. The third-order valence-corrected chi connectivity index (χ3v) is 21.0. The van der Waals surface area contributed by atoms with Crippen LogP contribution in [0.5, 0.6) is 46.0 Å². The van der Waals surface area contributed by atoms with Gasteiger partial charge in [0, 0.05) is 52.0 Å². The number of primary amides is 1. The van der Waals surface area contributed by atoms with E-state index >= 15 is 14.4 Å². The molecule has 8 heterocycles. The summed E-state index contributed by atoms with van der Waals surface area (Å²) in [4.78, 5) is 118. The van der Waals surface area contributed by atoms with Gasteiger partial charge in [0.1, 0.15) is 83.4 Å². The van der Waals surface area contributed by atoms with E-state index in [-0.39, 0.29) is 57.2 Å². The van der Waals surface area contributed by atoms with Gasteiger partial charge in [0.2, 0.25) is 64.8 Å². The van der Waals surface area contributed by atoms with E-state index in [2.05, 4.69) is 42.4 Å². The lowest BCUT2D eigenvalue weighted by Crippen LogP contribution is -2.64. The summed E-state index contributed by atoms with van der Waals surface area (Å²) in [5, 5.41) is 124. The Kier molecular flexibility index (Phi) is 23.8. The number of carbonyl (C=O) groups excluding carboxylic acids is 7. The molecule has 14 rings (SSSR count). The van der Waals surface area contributed by atoms with Crippen molar-refractivity contribution < 1.29 is 117 Å². The number of benzene rings is 6. The fourth-order valence-corrected chi connectivity index (χ4v) is 15.1. The number of phenolic OH excluding ortho intramolecular Hbond substituents is 3. The molecule has 0 aromatic heterocycles. The zero-order chi connectivity index (χ0) is 79.9. The molecule has 6 aromatic carbocycles. The van der Waals surface area contributed by atoms with Crippen molar-refractivity contribution >= 4 is 88.2 Å². The van der Waals surface area contributed by atoms with Crippen molar-refractivity contribution in [2.24, 2.45) is 28.4 Å². The number of carboxylic acids is 1. The molecule has 0 saturated carbocycles. The number of nitrogens with one attached hydrogen (secondary N) is 7. The monoisotopic (exact) mass is 1590 g/mol. The maximum atomic E-state index is 16.2. The molecule has 111 heavy (non-hydrogen) atoms. The summed E-state index contributed by atoms with van der Waals surface area (Å²) in [5.74, 6) is -16.4. The molecule has 34 nitrogen and oxygen atoms in total. The topological polar surface area (TPSA) is 532 Å². The number of carboxylic acid groups (broad SMARTS) is 1. The van der Waals surface area contributed by atoms with Crippen LogP contribution in [-0.2, 0) is 57.3 Å². The minimum Gasteiger partial charge on any atom is -0.508 e. The van der Waals surface area contributed by atoms with Gasteiger partial charge in [0.15, 0.2) is 29.9 Å². The Morgan fingerprint density at radius 3 is 1.97 bits per heavy atom. The number of aliphatic hydroxyl groups is 5. The number of aromatic hydroxyl groups is 3. The third kappa shape index (κ3) is 17.4. The molecule has 20 N–H and O–H groups in total. The highest BCUT2D eigenvalue weighted by Crippen LogP contribution is 2.50. The number of nitrogens with zero attached hydrogens (tertiary/aromatic N) is 1. The van der Waals surface area contributed by atoms with Gasteiger partial charge in [-0.2, -0.15) is 0 Å². The number of thioether (sulfide) groups is 1. The molecule has 7 amide bonds. The highest BCUT2D eigenvalue weighted by atomic mass is 35.5. The first-order valence-electron chi connectivity index (χ1n) is 35.0. The van der Waals surface area contributed by atoms with Gasteiger partial charge in [-0.25, -0.2) is 4.79 Å². The van der Waals surface area contributed by atoms with Crippen LogP contribution in [0.2, 0.25) is 10.0 Å². The van der Waals surface area contributed by atoms with Crippen molar-refractivity contribution in [2.45, 2.75) is 163 Å². The van der Waals surface area contributed by atoms with Crippen LogP contribution in [0.15, 0.2) is 114 Å². The molecule has 2 fully saturated rings. The standard InChI is InChI=1S/C74H80Cl2N10O24S/c1-28(2)17-29(3)64(96)83-55-57(91)33-12-15-44(39(75)19-33)105-46-21-35-22-47(61(46)109-72-62(108-50-26-74(5,78)63(95)30(4)104-50)60(94)59(93)48(107-72)27-111-73-86-85-70(110-73)31-9-7-6-8-10-31)106-45-16-13-34(20-40(45)76)58(92)56-69(101)82-54(71(102)103)38-23-36(87)24-43(89)51(38)37-18-32(11-14-42(37)88)52(66(98)84-56)81-67(99)53(35)80-65(97)41(25-49(77)90)79-68(55)100/h6-16,18-24,28-30,41,48,50,52-60,62-63,72-73,86-89,91-95H,17,25-27,78H2,1-5H3,(H2,77,90)(H,79,100)(H,80,97)(H,81,99)(H,82,101)(H,83,96)(H,84,98)(H,102,103)/t29-,30?,41-,48?,50?,52?,53+,54+,55+,56-,57+,58+,59?,60?,62?,63?,72?,73?,74?/m0/s1. The lowest BCUT2D eigenvalue weighted by atomic mass is 9.86. The van der Waals surface area contributed by atoms with E-state index in [9.17, 15) is 69.9 Å². The molecule has 0 aliphatic carbocycles. The molecular weight excluding hydrogens is 1520 g/mol. The largest absolute Gasteiger partial charge is 0.508 e. The average molecular weight is 1600 g/mol. The van der Waals surface area contributed by atoms with E-state index in [0.29, 0.717) is 12.0 Å². The Labute approximate surface area is 646 Å². The van der Waals surface area contributed by atoms with E-state index in [4.69, 9.17) is 67.8 Å². The Morgan fingerprint density at radius 1 is 0.712 bits per heavy atom. The number of halogens is 2. The molecule has 0 spiro atoms. The predicted octanol–water partition coefficient (Wildman–Crippen LogP) is 3.16. The molecule has 11 bridgehead atoms. The molecule has 8 aliphatic heterocycles. The maximum Gasteiger partial charge on any atom is 0.330 e. The van der Waals surface area contributed by atoms with Crippen LogP contribution < -0.4 is 63.0 Å². The van der Waals surface area contributed by atoms with Gasteiger partial charge in [-0.15, -0.1) is 5.10 Å². The summed E-state index contributed by atoms with van der Waals surface area (Å²) >= 11 is 15.4. The first kappa shape index (κ1) is 80.2. The number of ether oxygens (including phenoxy) is 7. The van der Waals surface area contributed by atoms with E-state index in [1.54, 1.807) is 37.3 Å². The predicted molar refractivity (Wildman–Crippen MR) is 392 cm³/mol. The van der Waals surface area contributed by atoms with Gasteiger partial charge in [-0.3, -0.25) is 39.0 Å². The number of nitrogens with two attached hydrogens (primary N) is 2. The van der Waals surface area contributed by atoms with Crippen molar-refractivity contribution in [1.29, 1.82) is 0 Å². The quantitative estimate of drug-likeness (QED) is 0.0702. The van der Waals surface area contributed by atoms with Crippen LogP contribution in [0.25, 0.3) is 11.1 Å². The highest BCUT2D eigenvalue weighted by Gasteiger charge is 2.52. The number of hydrazone groups is 1. The molecule has 11 unspecified atom stereocenters. The van der Waals surface area contributed by atoms with E-state index in [0.717, 1.165) is 78.5 Å². The zero-order valence-corrected chi connectivity index (χ0v) is 61.9. The second-order valence-electron chi connectivity index (χ2n) is 28.3. The number of phenols is 3. The molecule has 37 heteroatoms. The minimum absolute atomic E-state index is 0.0455. The zero-order valence-electron chi connectivity index (χ0n) is 59.6. The lowest BCUT2D eigenvalue weighted by Gasteiger charge is -2.47. The number of aliphatic carboxylic acids is 1. The van der Waals surface area contributed by atoms with Crippen molar-refractivity contribution in [3.05, 3.63) is 153 Å². The molecule has 590 valence electrons. The minimum atomic E-state index is -2.35. The average Bonchev–Trinajstić information content (AvgIpc) is 1.14. The normalized spacial score (nSPS) is 29.0. The van der Waals surface area contributed by atoms with Crippen LogP contribution in [0.3, 0.4) is 0 Å². The molecule has 6 aromatic rings. The SMILES string of the molecule is CC(C)C[C@H](C)C(=O)N[C@H]1C(=O)N[C@@H](CC(N)=O)C(=O)N[C@H]2C(=O)NC3C(=O)N[C@H](C(=O)N[C@@H](C(=O)O)c4cc(O)cc(O)c4-c4cc3ccc4O)[C@H](O)c3ccc(c(Cl)c3)Oc3cc2cc(c3OC2OC(CSC3NN=C(c4ccccc4)O3)C(O)C(O)C2OC2CC(C)(N)C(O)C(C)O2)Oc2ccc(cc2Cl)[C@H]1O. The number of hydrogen-bond donors (Lipinski definition) is 18. The summed E-state index contributed by atoms with van der Waals surface area (Å²) in [7, 11) is 0. The maximum absolute atomic E-state index is 16.2. The summed E-state index contributed by atoms with van der Waals surface area (Å²) in [5.41, 5.74) is 10.8. The third-order valence-electron chi connectivity index (χ3n) is 19.4. The number of carbonyl (C=O) groups is 8. The fraction of sp³-hybridized carbons (Fsp3) is 0.392. The van der Waals surface area contributed by atoms with Gasteiger partial charge in [-0.05, 0) is 115 Å². The number of hydrogen-bond acceptors (Lipinski definition) is 27. The second-order valence-corrected chi connectivity index (χ2v) is 30.2. The first-order valence-corrected chi connectivity index (χ1v) is 36.8. The van der Waals surface area contributed by atoms with E-state index in [1.165, 1.54) is 26.0 Å². The Morgan fingerprint density at radius 2 is 1.34 bits per heavy atom. The molecule has 0 radical (unpaired) electrons. The summed E-state index contributed by atoms with van der Waals surface area (Å²) in [6.07, 6.45) is -18.0. The van der Waals surface area contributed by atoms with Crippen LogP contribution in [0.4, 0.5) is 0 Å². The van der Waals surface area contributed by atoms with Gasteiger partial charge in [0.25, 0.3) is 0 Å². The number of fused-ring (bicyclic) bond motifs is 15. The number of aliphatic hydroxyl groups excluding tert-OH is 5. The molecular formula is C74H80Cl2N10O24S. The molecule has 8 aliphatic rings. The first-order chi connectivity index (χ1) is 52.6. The van der Waals surface area contributed by atoms with Crippen molar-refractivity contribution in [2.75, 3.05) is 5.75 Å². The Bertz CT molecular complexity index is 4660. The number of rotatable bonds is 15. The van der Waals surface area contributed by atoms with Crippen LogP contribution in [0.1, 0.15) is 118 Å². The van der Waals surface area contributed by atoms with Crippen molar-refractivity contribution in [3.63, 3.8) is 0 Å². The summed E-state index contributed by atoms with van der Waals surface area (Å²) in [6, 6.07) is 9.51. The van der Waals surface area contributed by atoms with Gasteiger partial charge in [0.05, 0.1) is 34.8 Å². The summed E-state index contributed by atoms with van der Waals surface area (Å²) in [6.45, 7) is 8.30. The number of amides is 7.